The molecule has 0 spiro atoms. The van der Waals surface area contributed by atoms with Crippen LogP contribution in [0.5, 0.6) is 12.0 Å². The van der Waals surface area contributed by atoms with Crippen LogP contribution >= 0.6 is 0 Å². The fraction of sp³-hybridized carbons (Fsp3) is 0.636. The predicted molar refractivity (Wildman–Crippen MR) is 67.3 cm³/mol. The summed E-state index contributed by atoms with van der Waals surface area (Å²) >= 11 is 0. The molecule has 0 saturated carbocycles. The summed E-state index contributed by atoms with van der Waals surface area (Å²) in [5, 5.41) is 0. The average molecular weight is 267 g/mol. The number of hydrogen-bond acceptors (Lipinski definition) is 7. The average Bonchev–Trinajstić information content (AvgIpc) is 2.36. The highest BCUT2D eigenvalue weighted by Crippen LogP contribution is 2.24. The zero-order chi connectivity index (χ0) is 14.0. The number of methoxy groups -OCH3 is 2. The monoisotopic (exact) mass is 267 g/mol. The number of hydrogen-bond donors (Lipinski definition) is 0. The van der Waals surface area contributed by atoms with Crippen molar-refractivity contribution in [2.45, 2.75) is 0 Å². The first-order valence-electron chi connectivity index (χ1n) is 5.85. The summed E-state index contributed by atoms with van der Waals surface area (Å²) in [6.07, 6.45) is 0. The molecule has 104 valence electrons. The molecule has 0 atom stereocenters. The van der Waals surface area contributed by atoms with Crippen molar-refractivity contribution in [2.24, 2.45) is 5.92 Å². The van der Waals surface area contributed by atoms with Crippen molar-refractivity contribution in [1.29, 1.82) is 0 Å². The van der Waals surface area contributed by atoms with Gasteiger partial charge in [-0.25, -0.2) is 0 Å². The van der Waals surface area contributed by atoms with Gasteiger partial charge in [-0.05, 0) is 0 Å². The van der Waals surface area contributed by atoms with Crippen molar-refractivity contribution in [3.05, 3.63) is 0 Å². The molecule has 1 aromatic heterocycles. The Balaban J connectivity index is 2.07. The third-order valence-electron chi connectivity index (χ3n) is 2.90. The van der Waals surface area contributed by atoms with Crippen LogP contribution in [0.1, 0.15) is 0 Å². The van der Waals surface area contributed by atoms with Gasteiger partial charge in [-0.1, -0.05) is 0 Å². The molecule has 0 aromatic carbocycles. The second-order valence-electron chi connectivity index (χ2n) is 4.44. The zero-order valence-corrected chi connectivity index (χ0v) is 11.5. The second kappa shape index (κ2) is 5.25. The van der Waals surface area contributed by atoms with Crippen LogP contribution in [0.2, 0.25) is 0 Å². The van der Waals surface area contributed by atoms with Gasteiger partial charge in [0.2, 0.25) is 11.9 Å². The van der Waals surface area contributed by atoms with Crippen LogP contribution < -0.4 is 14.4 Å². The maximum atomic E-state index is 11.7. The first kappa shape index (κ1) is 13.3. The molecule has 0 aliphatic carbocycles. The predicted octanol–water partition coefficient (Wildman–Crippen LogP) is -0.587. The molecule has 1 fully saturated rings. The number of carbonyl (C=O) groups excluding carboxylic acids is 1. The van der Waals surface area contributed by atoms with Crippen LogP contribution in [0.4, 0.5) is 5.95 Å². The van der Waals surface area contributed by atoms with Crippen molar-refractivity contribution < 1.29 is 14.3 Å². The lowest BCUT2D eigenvalue weighted by molar-refractivity contribution is -0.133. The minimum absolute atomic E-state index is 0.0104. The molecule has 2 heterocycles. The van der Waals surface area contributed by atoms with Crippen LogP contribution in [0.3, 0.4) is 0 Å². The van der Waals surface area contributed by atoms with E-state index in [0.29, 0.717) is 19.0 Å². The number of amides is 1. The Bertz CT molecular complexity index is 451. The maximum Gasteiger partial charge on any atom is 0.324 e. The Morgan fingerprint density at radius 3 is 2.11 bits per heavy atom. The Morgan fingerprint density at radius 1 is 1.16 bits per heavy atom. The molecule has 1 aromatic rings. The van der Waals surface area contributed by atoms with Gasteiger partial charge in [0.25, 0.3) is 0 Å². The van der Waals surface area contributed by atoms with Crippen LogP contribution in [-0.4, -0.2) is 67.2 Å². The highest BCUT2D eigenvalue weighted by Gasteiger charge is 2.35. The summed E-state index contributed by atoms with van der Waals surface area (Å²) in [4.78, 5) is 27.4. The molecule has 1 aliphatic heterocycles. The Kier molecular flexibility index (Phi) is 3.68. The maximum absolute atomic E-state index is 11.7. The number of ether oxygens (including phenoxy) is 2. The largest absolute Gasteiger partial charge is 0.467 e. The molecule has 2 rings (SSSR count). The van der Waals surface area contributed by atoms with E-state index in [1.165, 1.54) is 14.2 Å². The minimum atomic E-state index is -0.0104. The molecule has 1 aliphatic rings. The first-order chi connectivity index (χ1) is 9.05. The highest BCUT2D eigenvalue weighted by molar-refractivity contribution is 5.81. The first-order valence-corrected chi connectivity index (χ1v) is 5.85. The van der Waals surface area contributed by atoms with Crippen LogP contribution in [-0.2, 0) is 4.79 Å². The van der Waals surface area contributed by atoms with Crippen molar-refractivity contribution in [1.82, 2.24) is 19.9 Å². The zero-order valence-electron chi connectivity index (χ0n) is 11.5. The van der Waals surface area contributed by atoms with Crippen LogP contribution in [0.25, 0.3) is 0 Å². The molecular formula is C11H17N5O3. The van der Waals surface area contributed by atoms with Gasteiger partial charge in [0, 0.05) is 27.2 Å². The lowest BCUT2D eigenvalue weighted by atomic mass is 9.99. The smallest absolute Gasteiger partial charge is 0.324 e. The van der Waals surface area contributed by atoms with E-state index in [9.17, 15) is 4.79 Å². The normalized spacial score (nSPS) is 14.8. The fourth-order valence-corrected chi connectivity index (χ4v) is 1.82. The van der Waals surface area contributed by atoms with E-state index < -0.39 is 0 Å². The van der Waals surface area contributed by atoms with E-state index in [4.69, 9.17) is 9.47 Å². The topological polar surface area (TPSA) is 80.7 Å². The standard InChI is InChI=1S/C11H17N5O3/c1-15(2)8(17)7-5-16(6-7)9-12-10(18-3)14-11(13-9)19-4/h7H,5-6H2,1-4H3. The molecule has 1 amide bonds. The van der Waals surface area contributed by atoms with Gasteiger partial charge < -0.3 is 19.3 Å². The van der Waals surface area contributed by atoms with Gasteiger partial charge in [-0.2, -0.15) is 9.97 Å². The van der Waals surface area contributed by atoms with E-state index in [-0.39, 0.29) is 23.8 Å². The van der Waals surface area contributed by atoms with E-state index in [1.54, 1.807) is 19.0 Å². The lowest BCUT2D eigenvalue weighted by Crippen LogP contribution is -2.54. The van der Waals surface area contributed by atoms with Crippen molar-refractivity contribution in [3.63, 3.8) is 0 Å². The summed E-state index contributed by atoms with van der Waals surface area (Å²) in [7, 11) is 6.46. The number of aromatic nitrogens is 3. The lowest BCUT2D eigenvalue weighted by Gasteiger charge is -2.39. The van der Waals surface area contributed by atoms with Gasteiger partial charge in [0.15, 0.2) is 0 Å². The third-order valence-corrected chi connectivity index (χ3v) is 2.90. The molecule has 0 unspecified atom stereocenters. The fourth-order valence-electron chi connectivity index (χ4n) is 1.82. The van der Waals surface area contributed by atoms with Gasteiger partial charge >= 0.3 is 12.0 Å². The van der Waals surface area contributed by atoms with E-state index in [2.05, 4.69) is 15.0 Å². The quantitative estimate of drug-likeness (QED) is 0.721. The van der Waals surface area contributed by atoms with Crippen LogP contribution in [0, 0.1) is 5.92 Å². The SMILES string of the molecule is COc1nc(OC)nc(N2CC(C(=O)N(C)C)C2)n1. The van der Waals surface area contributed by atoms with Crippen LogP contribution in [0.15, 0.2) is 0 Å². The minimum Gasteiger partial charge on any atom is -0.467 e. The molecule has 0 N–H and O–H groups in total. The summed E-state index contributed by atoms with van der Waals surface area (Å²) in [5.74, 6) is 0.569. The van der Waals surface area contributed by atoms with Crippen molar-refractivity contribution in [2.75, 3.05) is 46.3 Å². The van der Waals surface area contributed by atoms with E-state index in [0.717, 1.165) is 0 Å². The summed E-state index contributed by atoms with van der Waals surface area (Å²) in [6.45, 7) is 1.18. The summed E-state index contributed by atoms with van der Waals surface area (Å²) < 4.78 is 9.97. The van der Waals surface area contributed by atoms with Gasteiger partial charge in [-0.3, -0.25) is 4.79 Å². The third kappa shape index (κ3) is 2.67. The highest BCUT2D eigenvalue weighted by atomic mass is 16.5. The summed E-state index contributed by atoms with van der Waals surface area (Å²) in [6, 6.07) is 0.397. The van der Waals surface area contributed by atoms with Crippen molar-refractivity contribution in [3.8, 4) is 12.0 Å². The Labute approximate surface area is 111 Å². The molecule has 8 nitrogen and oxygen atoms in total. The molecule has 1 saturated heterocycles. The molecule has 8 heteroatoms. The number of anilines is 1. The number of nitrogens with zero attached hydrogens (tertiary/aromatic N) is 5. The Morgan fingerprint density at radius 2 is 1.68 bits per heavy atom. The molecule has 0 radical (unpaired) electrons. The number of rotatable bonds is 4. The second-order valence-corrected chi connectivity index (χ2v) is 4.44. The van der Waals surface area contributed by atoms with Gasteiger partial charge in [0.05, 0.1) is 20.1 Å². The molecule has 19 heavy (non-hydrogen) atoms. The van der Waals surface area contributed by atoms with Gasteiger partial charge in [0.1, 0.15) is 0 Å². The molecular weight excluding hydrogens is 250 g/mol. The van der Waals surface area contributed by atoms with E-state index >= 15 is 0 Å². The summed E-state index contributed by atoms with van der Waals surface area (Å²) in [5.41, 5.74) is 0. The number of carbonyl (C=O) groups is 1. The van der Waals surface area contributed by atoms with Gasteiger partial charge in [-0.15, -0.1) is 4.98 Å². The van der Waals surface area contributed by atoms with Crippen molar-refractivity contribution >= 4 is 11.9 Å². The Hall–Kier alpha value is -2.12. The van der Waals surface area contributed by atoms with E-state index in [1.807, 2.05) is 4.90 Å². The molecule has 0 bridgehead atoms.